The summed E-state index contributed by atoms with van der Waals surface area (Å²) in [6.45, 7) is 6.57. The van der Waals surface area contributed by atoms with E-state index in [0.29, 0.717) is 5.92 Å². The molecule has 0 aromatic heterocycles. The highest BCUT2D eigenvalue weighted by Crippen LogP contribution is 2.36. The van der Waals surface area contributed by atoms with Crippen LogP contribution in [-0.4, -0.2) is 48.8 Å². The van der Waals surface area contributed by atoms with E-state index in [9.17, 15) is 9.90 Å². The number of aliphatic carboxylic acids is 1. The third-order valence-electron chi connectivity index (χ3n) is 4.47. The molecular formula is C14H25NO3. The fourth-order valence-corrected chi connectivity index (χ4v) is 3.37. The molecular weight excluding hydrogens is 230 g/mol. The molecule has 1 atom stereocenters. The molecule has 0 aromatic carbocycles. The molecule has 1 N–H and O–H groups in total. The second kappa shape index (κ2) is 6.02. The van der Waals surface area contributed by atoms with Crippen molar-refractivity contribution in [1.29, 1.82) is 0 Å². The van der Waals surface area contributed by atoms with Crippen LogP contribution in [-0.2, 0) is 9.53 Å². The Balaban J connectivity index is 1.87. The maximum Gasteiger partial charge on any atom is 0.310 e. The number of carboxylic acids is 1. The van der Waals surface area contributed by atoms with Crippen LogP contribution in [0.5, 0.6) is 0 Å². The van der Waals surface area contributed by atoms with Gasteiger partial charge in [0.2, 0.25) is 0 Å². The first-order valence-corrected chi connectivity index (χ1v) is 7.20. The van der Waals surface area contributed by atoms with E-state index in [1.807, 2.05) is 0 Å². The zero-order valence-corrected chi connectivity index (χ0v) is 11.4. The highest BCUT2D eigenvalue weighted by molar-refractivity contribution is 5.75. The van der Waals surface area contributed by atoms with E-state index in [1.54, 1.807) is 0 Å². The zero-order chi connectivity index (χ0) is 13.0. The van der Waals surface area contributed by atoms with Crippen LogP contribution in [0.4, 0.5) is 0 Å². The predicted molar refractivity (Wildman–Crippen MR) is 69.6 cm³/mol. The van der Waals surface area contributed by atoms with Gasteiger partial charge in [0, 0.05) is 26.3 Å². The van der Waals surface area contributed by atoms with Crippen molar-refractivity contribution in [3.05, 3.63) is 0 Å². The minimum absolute atomic E-state index is 0.472. The van der Waals surface area contributed by atoms with E-state index in [-0.39, 0.29) is 0 Å². The summed E-state index contributed by atoms with van der Waals surface area (Å²) in [5, 5.41) is 9.47. The van der Waals surface area contributed by atoms with Gasteiger partial charge in [-0.3, -0.25) is 4.79 Å². The number of carboxylic acid groups (broad SMARTS) is 1. The predicted octanol–water partition coefficient (Wildman–Crippen LogP) is 1.99. The minimum Gasteiger partial charge on any atom is -0.481 e. The van der Waals surface area contributed by atoms with Gasteiger partial charge in [0.1, 0.15) is 0 Å². The first kappa shape index (κ1) is 13.8. The Morgan fingerprint density at radius 2 is 2.17 bits per heavy atom. The molecule has 0 aromatic rings. The Morgan fingerprint density at radius 1 is 1.44 bits per heavy atom. The molecule has 1 unspecified atom stereocenters. The summed E-state index contributed by atoms with van der Waals surface area (Å²) in [7, 11) is 0. The molecule has 2 heterocycles. The number of rotatable bonds is 5. The molecule has 2 saturated heterocycles. The van der Waals surface area contributed by atoms with Crippen molar-refractivity contribution in [3.63, 3.8) is 0 Å². The van der Waals surface area contributed by atoms with E-state index < -0.39 is 11.4 Å². The Kier molecular flexibility index (Phi) is 4.62. The van der Waals surface area contributed by atoms with Crippen molar-refractivity contribution in [3.8, 4) is 0 Å². The van der Waals surface area contributed by atoms with Crippen LogP contribution < -0.4 is 0 Å². The van der Waals surface area contributed by atoms with Crippen molar-refractivity contribution < 1.29 is 14.6 Å². The molecule has 2 aliphatic heterocycles. The molecule has 2 fully saturated rings. The van der Waals surface area contributed by atoms with Gasteiger partial charge < -0.3 is 14.7 Å². The van der Waals surface area contributed by atoms with Crippen LogP contribution in [0, 0.1) is 11.3 Å². The highest BCUT2D eigenvalue weighted by Gasteiger charge is 2.44. The average Bonchev–Trinajstić information content (AvgIpc) is 2.76. The van der Waals surface area contributed by atoms with Gasteiger partial charge >= 0.3 is 5.97 Å². The molecule has 2 aliphatic rings. The Labute approximate surface area is 109 Å². The molecule has 0 aliphatic carbocycles. The Bertz CT molecular complexity index is 289. The second-order valence-corrected chi connectivity index (χ2v) is 5.88. The van der Waals surface area contributed by atoms with Gasteiger partial charge in [0.15, 0.2) is 0 Å². The van der Waals surface area contributed by atoms with Crippen LogP contribution in [0.2, 0.25) is 0 Å². The van der Waals surface area contributed by atoms with E-state index in [2.05, 4.69) is 11.8 Å². The minimum atomic E-state index is -0.598. The van der Waals surface area contributed by atoms with Crippen molar-refractivity contribution in [1.82, 2.24) is 4.90 Å². The molecule has 0 bridgehead atoms. The van der Waals surface area contributed by atoms with Gasteiger partial charge in [0.25, 0.3) is 0 Å². The molecule has 0 spiro atoms. The maximum absolute atomic E-state index is 11.5. The lowest BCUT2D eigenvalue weighted by Crippen LogP contribution is -2.37. The van der Waals surface area contributed by atoms with Crippen LogP contribution in [0.1, 0.15) is 39.0 Å². The maximum atomic E-state index is 11.5. The standard InChI is InChI=1S/C14H25NO3/c1-2-5-14(13(16)17)6-7-15(11-14)10-12-3-8-18-9-4-12/h12H,2-11H2,1H3,(H,16,17). The SMILES string of the molecule is CCCC1(C(=O)O)CCN(CC2CCOCC2)C1. The number of nitrogens with zero attached hydrogens (tertiary/aromatic N) is 1. The van der Waals surface area contributed by atoms with Crippen molar-refractivity contribution >= 4 is 5.97 Å². The van der Waals surface area contributed by atoms with E-state index in [0.717, 1.165) is 65.0 Å². The number of likely N-dealkylation sites (tertiary alicyclic amines) is 1. The normalized spacial score (nSPS) is 30.7. The van der Waals surface area contributed by atoms with E-state index in [4.69, 9.17) is 4.74 Å². The van der Waals surface area contributed by atoms with E-state index in [1.165, 1.54) is 0 Å². The van der Waals surface area contributed by atoms with Gasteiger partial charge in [-0.15, -0.1) is 0 Å². The average molecular weight is 255 g/mol. The number of hydrogen-bond donors (Lipinski definition) is 1. The summed E-state index contributed by atoms with van der Waals surface area (Å²) >= 11 is 0. The first-order valence-electron chi connectivity index (χ1n) is 7.20. The molecule has 0 amide bonds. The summed E-state index contributed by atoms with van der Waals surface area (Å²) < 4.78 is 5.37. The first-order chi connectivity index (χ1) is 8.66. The third kappa shape index (κ3) is 3.04. The van der Waals surface area contributed by atoms with Gasteiger partial charge in [-0.2, -0.15) is 0 Å². The van der Waals surface area contributed by atoms with Crippen LogP contribution in [0.25, 0.3) is 0 Å². The summed E-state index contributed by atoms with van der Waals surface area (Å²) in [5.41, 5.74) is -0.472. The number of carbonyl (C=O) groups is 1. The fourth-order valence-electron chi connectivity index (χ4n) is 3.37. The zero-order valence-electron chi connectivity index (χ0n) is 11.4. The van der Waals surface area contributed by atoms with Crippen molar-refractivity contribution in [2.75, 3.05) is 32.8 Å². The number of hydrogen-bond acceptors (Lipinski definition) is 3. The molecule has 4 nitrogen and oxygen atoms in total. The van der Waals surface area contributed by atoms with Gasteiger partial charge in [-0.25, -0.2) is 0 Å². The molecule has 2 rings (SSSR count). The van der Waals surface area contributed by atoms with Crippen molar-refractivity contribution in [2.24, 2.45) is 11.3 Å². The Morgan fingerprint density at radius 3 is 2.78 bits per heavy atom. The van der Waals surface area contributed by atoms with Crippen molar-refractivity contribution in [2.45, 2.75) is 39.0 Å². The molecule has 4 heteroatoms. The lowest BCUT2D eigenvalue weighted by molar-refractivity contribution is -0.148. The summed E-state index contributed by atoms with van der Waals surface area (Å²) in [6, 6.07) is 0. The molecule has 104 valence electrons. The lowest BCUT2D eigenvalue weighted by atomic mass is 9.83. The van der Waals surface area contributed by atoms with Crippen LogP contribution in [0.15, 0.2) is 0 Å². The summed E-state index contributed by atoms with van der Waals surface area (Å²) in [6.07, 6.45) is 4.85. The highest BCUT2D eigenvalue weighted by atomic mass is 16.5. The Hall–Kier alpha value is -0.610. The van der Waals surface area contributed by atoms with Crippen LogP contribution in [0.3, 0.4) is 0 Å². The molecule has 0 saturated carbocycles. The van der Waals surface area contributed by atoms with Gasteiger partial charge in [0.05, 0.1) is 5.41 Å². The third-order valence-corrected chi connectivity index (χ3v) is 4.47. The fraction of sp³-hybridized carbons (Fsp3) is 0.929. The van der Waals surface area contributed by atoms with Gasteiger partial charge in [-0.1, -0.05) is 13.3 Å². The molecule has 0 radical (unpaired) electrons. The van der Waals surface area contributed by atoms with Gasteiger partial charge in [-0.05, 0) is 38.1 Å². The lowest BCUT2D eigenvalue weighted by Gasteiger charge is -2.28. The summed E-state index contributed by atoms with van der Waals surface area (Å²) in [5.74, 6) is 0.101. The number of ether oxygens (including phenoxy) is 1. The molecule has 18 heavy (non-hydrogen) atoms. The van der Waals surface area contributed by atoms with E-state index >= 15 is 0 Å². The monoisotopic (exact) mass is 255 g/mol. The largest absolute Gasteiger partial charge is 0.481 e. The smallest absolute Gasteiger partial charge is 0.310 e. The summed E-state index contributed by atoms with van der Waals surface area (Å²) in [4.78, 5) is 13.9. The quantitative estimate of drug-likeness (QED) is 0.816. The van der Waals surface area contributed by atoms with Crippen LogP contribution >= 0.6 is 0 Å². The second-order valence-electron chi connectivity index (χ2n) is 5.88. The topological polar surface area (TPSA) is 49.8 Å².